The highest BCUT2D eigenvalue weighted by Gasteiger charge is 2.28. The van der Waals surface area contributed by atoms with Crippen LogP contribution in [0.2, 0.25) is 10.0 Å². The Morgan fingerprint density at radius 3 is 2.59 bits per heavy atom. The van der Waals surface area contributed by atoms with Gasteiger partial charge in [0.05, 0.1) is 5.75 Å². The summed E-state index contributed by atoms with van der Waals surface area (Å²) >= 11 is 13.5. The van der Waals surface area contributed by atoms with Crippen LogP contribution < -0.4 is 5.32 Å². The number of carbonyl (C=O) groups is 2. The topological polar surface area (TPSA) is 49.4 Å². The number of nitrogens with one attached hydrogen (secondary N) is 1. The number of carbonyl (C=O) groups excluding carboxylic acids is 2. The molecule has 2 aromatic rings. The number of benzene rings is 2. The van der Waals surface area contributed by atoms with Gasteiger partial charge in [0.2, 0.25) is 11.8 Å². The fourth-order valence-corrected chi connectivity index (χ4v) is 5.26. The number of hydrogen-bond acceptors (Lipinski definition) is 3. The molecule has 2 aromatic carbocycles. The normalized spacial score (nSPS) is 14.9. The average Bonchev–Trinajstić information content (AvgIpc) is 3.26. The van der Waals surface area contributed by atoms with Gasteiger partial charge in [0.25, 0.3) is 0 Å². The largest absolute Gasteiger partial charge is 0.352 e. The minimum absolute atomic E-state index is 0.103. The maximum Gasteiger partial charge on any atom is 0.242 e. The fraction of sp³-hybridized carbons (Fsp3) is 0.417. The second-order valence-corrected chi connectivity index (χ2v) is 9.84. The summed E-state index contributed by atoms with van der Waals surface area (Å²) in [6.45, 7) is 2.00. The fourth-order valence-electron chi connectivity index (χ4n) is 3.80. The highest BCUT2D eigenvalue weighted by molar-refractivity contribution is 7.99. The number of thioether (sulfide) groups is 1. The number of amides is 2. The summed E-state index contributed by atoms with van der Waals surface area (Å²) in [5.74, 6) is -0.375. The molecule has 0 radical (unpaired) electrons. The molecule has 0 aliphatic heterocycles. The molecule has 3 rings (SSSR count). The van der Waals surface area contributed by atoms with E-state index in [0.29, 0.717) is 15.6 Å². The predicted octanol–water partition coefficient (Wildman–Crippen LogP) is 5.84. The van der Waals surface area contributed by atoms with Crippen molar-refractivity contribution in [2.24, 2.45) is 0 Å². The van der Waals surface area contributed by atoms with E-state index < -0.39 is 11.9 Å². The van der Waals surface area contributed by atoms with Crippen LogP contribution in [0.3, 0.4) is 0 Å². The van der Waals surface area contributed by atoms with Crippen molar-refractivity contribution in [2.45, 2.75) is 57.0 Å². The van der Waals surface area contributed by atoms with E-state index in [9.17, 15) is 14.0 Å². The molecule has 1 N–H and O–H groups in total. The van der Waals surface area contributed by atoms with E-state index in [2.05, 4.69) is 5.32 Å². The number of rotatable bonds is 9. The van der Waals surface area contributed by atoms with E-state index in [4.69, 9.17) is 23.2 Å². The molecule has 1 aliphatic carbocycles. The van der Waals surface area contributed by atoms with Crippen molar-refractivity contribution >= 4 is 46.8 Å². The maximum atomic E-state index is 14.0. The molecule has 32 heavy (non-hydrogen) atoms. The van der Waals surface area contributed by atoms with Crippen molar-refractivity contribution in [3.05, 3.63) is 69.5 Å². The molecular weight excluding hydrogens is 470 g/mol. The van der Waals surface area contributed by atoms with E-state index in [1.807, 2.05) is 12.1 Å². The zero-order chi connectivity index (χ0) is 23.1. The van der Waals surface area contributed by atoms with Gasteiger partial charge in [0.15, 0.2) is 0 Å². The molecule has 1 saturated carbocycles. The van der Waals surface area contributed by atoms with Crippen LogP contribution in [-0.4, -0.2) is 34.6 Å². The summed E-state index contributed by atoms with van der Waals surface area (Å²) in [5, 5.41) is 3.98. The molecule has 8 heteroatoms. The van der Waals surface area contributed by atoms with Gasteiger partial charge in [0, 0.05) is 33.9 Å². The third-order valence-electron chi connectivity index (χ3n) is 5.64. The van der Waals surface area contributed by atoms with Crippen LogP contribution in [0.4, 0.5) is 4.39 Å². The Hall–Kier alpha value is -1.76. The Balaban J connectivity index is 1.68. The molecular formula is C24H27Cl2FN2O2S. The zero-order valence-electron chi connectivity index (χ0n) is 18.0. The summed E-state index contributed by atoms with van der Waals surface area (Å²) in [4.78, 5) is 27.6. The molecule has 0 saturated heterocycles. The van der Waals surface area contributed by atoms with Crippen LogP contribution >= 0.6 is 35.0 Å². The van der Waals surface area contributed by atoms with E-state index in [0.717, 1.165) is 31.2 Å². The van der Waals surface area contributed by atoms with Gasteiger partial charge in [0.1, 0.15) is 11.9 Å². The second kappa shape index (κ2) is 11.9. The average molecular weight is 497 g/mol. The van der Waals surface area contributed by atoms with E-state index in [1.54, 1.807) is 36.1 Å². The molecule has 0 bridgehead atoms. The van der Waals surface area contributed by atoms with Crippen molar-refractivity contribution in [3.8, 4) is 0 Å². The second-order valence-electron chi connectivity index (χ2n) is 8.01. The summed E-state index contributed by atoms with van der Waals surface area (Å²) in [6, 6.07) is 11.3. The molecule has 1 fully saturated rings. The summed E-state index contributed by atoms with van der Waals surface area (Å²) in [7, 11) is 0. The first kappa shape index (κ1) is 24.9. The molecule has 4 nitrogen and oxygen atoms in total. The van der Waals surface area contributed by atoms with Crippen molar-refractivity contribution in [3.63, 3.8) is 0 Å². The molecule has 172 valence electrons. The van der Waals surface area contributed by atoms with Gasteiger partial charge in [-0.05, 0) is 49.6 Å². The van der Waals surface area contributed by atoms with Crippen molar-refractivity contribution in [1.82, 2.24) is 10.2 Å². The Morgan fingerprint density at radius 2 is 1.91 bits per heavy atom. The highest BCUT2D eigenvalue weighted by atomic mass is 35.5. The maximum absolute atomic E-state index is 14.0. The Kier molecular flexibility index (Phi) is 9.26. The number of hydrogen-bond donors (Lipinski definition) is 1. The molecule has 1 unspecified atom stereocenters. The first-order chi connectivity index (χ1) is 15.3. The van der Waals surface area contributed by atoms with Gasteiger partial charge < -0.3 is 10.2 Å². The molecule has 1 atom stereocenters. The van der Waals surface area contributed by atoms with Gasteiger partial charge in [-0.1, -0.05) is 54.2 Å². The van der Waals surface area contributed by atoms with Crippen molar-refractivity contribution in [2.75, 3.05) is 5.75 Å². The van der Waals surface area contributed by atoms with Crippen LogP contribution in [0.15, 0.2) is 42.5 Å². The number of halogens is 3. The molecule has 0 aromatic heterocycles. The van der Waals surface area contributed by atoms with E-state index in [1.165, 1.54) is 17.8 Å². The quantitative estimate of drug-likeness (QED) is 0.474. The molecule has 0 spiro atoms. The lowest BCUT2D eigenvalue weighted by molar-refractivity contribution is -0.138. The number of nitrogens with zero attached hydrogens (tertiary/aromatic N) is 1. The SMILES string of the molecule is CC(C(=O)NC1CCCC1)N(Cc1cccc(Cl)c1)C(=O)CSCc1c(F)cccc1Cl. The first-order valence-corrected chi connectivity index (χ1v) is 12.6. The van der Waals surface area contributed by atoms with Crippen LogP contribution in [0.25, 0.3) is 0 Å². The molecule has 1 aliphatic rings. The van der Waals surface area contributed by atoms with E-state index >= 15 is 0 Å². The minimum Gasteiger partial charge on any atom is -0.352 e. The van der Waals surface area contributed by atoms with Gasteiger partial charge in [-0.25, -0.2) is 4.39 Å². The van der Waals surface area contributed by atoms with Crippen LogP contribution in [0.1, 0.15) is 43.7 Å². The summed E-state index contributed by atoms with van der Waals surface area (Å²) in [5.41, 5.74) is 1.22. The monoisotopic (exact) mass is 496 g/mol. The third-order valence-corrected chi connectivity index (χ3v) is 7.18. The van der Waals surface area contributed by atoms with Crippen LogP contribution in [0.5, 0.6) is 0 Å². The van der Waals surface area contributed by atoms with E-state index in [-0.39, 0.29) is 35.9 Å². The lowest BCUT2D eigenvalue weighted by Crippen LogP contribution is -2.50. The van der Waals surface area contributed by atoms with Gasteiger partial charge >= 0.3 is 0 Å². The van der Waals surface area contributed by atoms with Crippen LogP contribution in [-0.2, 0) is 21.9 Å². The molecule has 2 amide bonds. The third kappa shape index (κ3) is 6.87. The highest BCUT2D eigenvalue weighted by Crippen LogP contribution is 2.25. The van der Waals surface area contributed by atoms with Crippen LogP contribution in [0, 0.1) is 5.82 Å². The summed E-state index contributed by atoms with van der Waals surface area (Å²) < 4.78 is 14.0. The lowest BCUT2D eigenvalue weighted by Gasteiger charge is -2.29. The minimum atomic E-state index is -0.639. The first-order valence-electron chi connectivity index (χ1n) is 10.7. The van der Waals surface area contributed by atoms with Gasteiger partial charge in [-0.3, -0.25) is 9.59 Å². The Morgan fingerprint density at radius 1 is 1.19 bits per heavy atom. The lowest BCUT2D eigenvalue weighted by atomic mass is 10.1. The zero-order valence-corrected chi connectivity index (χ0v) is 20.3. The predicted molar refractivity (Wildman–Crippen MR) is 129 cm³/mol. The van der Waals surface area contributed by atoms with Crippen molar-refractivity contribution < 1.29 is 14.0 Å². The van der Waals surface area contributed by atoms with Crippen molar-refractivity contribution in [1.29, 1.82) is 0 Å². The summed E-state index contributed by atoms with van der Waals surface area (Å²) in [6.07, 6.45) is 4.17. The Bertz CT molecular complexity index is 933. The molecule has 0 heterocycles. The smallest absolute Gasteiger partial charge is 0.242 e. The standard InChI is InChI=1S/C24H27Cl2FN2O2S/c1-16(24(31)28-19-8-2-3-9-19)29(13-17-6-4-7-18(25)12-17)23(30)15-32-14-20-21(26)10-5-11-22(20)27/h4-7,10-12,16,19H,2-3,8-9,13-15H2,1H3,(H,28,31). The Labute approximate surface area is 202 Å². The van der Waals surface area contributed by atoms with Gasteiger partial charge in [-0.15, -0.1) is 11.8 Å². The van der Waals surface area contributed by atoms with Gasteiger partial charge in [-0.2, -0.15) is 0 Å².